The van der Waals surface area contributed by atoms with Crippen LogP contribution in [0.5, 0.6) is 0 Å². The highest BCUT2D eigenvalue weighted by Crippen LogP contribution is 2.53. The van der Waals surface area contributed by atoms with Gasteiger partial charge in [0.05, 0.1) is 16.2 Å². The van der Waals surface area contributed by atoms with Crippen molar-refractivity contribution < 1.29 is 9.00 Å². The van der Waals surface area contributed by atoms with Gasteiger partial charge in [0, 0.05) is 32.1 Å². The topological polar surface area (TPSA) is 40.6 Å². The summed E-state index contributed by atoms with van der Waals surface area (Å²) >= 11 is 0. The van der Waals surface area contributed by atoms with Crippen LogP contribution in [0.1, 0.15) is 89.2 Å². The lowest BCUT2D eigenvalue weighted by Gasteiger charge is -2.54. The average molecular weight is 431 g/mol. The zero-order valence-corrected chi connectivity index (χ0v) is 20.1. The van der Waals surface area contributed by atoms with Gasteiger partial charge >= 0.3 is 0 Å². The molecule has 2 unspecified atom stereocenters. The van der Waals surface area contributed by atoms with Crippen LogP contribution < -0.4 is 0 Å². The third-order valence-corrected chi connectivity index (χ3v) is 9.81. The fourth-order valence-corrected chi connectivity index (χ4v) is 8.09. The van der Waals surface area contributed by atoms with Crippen molar-refractivity contribution in [2.24, 2.45) is 5.41 Å². The summed E-state index contributed by atoms with van der Waals surface area (Å²) in [6, 6.07) is 9.16. The smallest absolute Gasteiger partial charge is 0.222 e. The molecule has 0 bridgehead atoms. The van der Waals surface area contributed by atoms with Crippen molar-refractivity contribution in [2.45, 2.75) is 88.8 Å². The van der Waals surface area contributed by atoms with E-state index in [9.17, 15) is 9.00 Å². The van der Waals surface area contributed by atoms with E-state index in [1.54, 1.807) is 0 Å². The highest BCUT2D eigenvalue weighted by atomic mass is 32.2. The summed E-state index contributed by atoms with van der Waals surface area (Å²) in [4.78, 5) is 13.9. The molecule has 4 nitrogen and oxygen atoms in total. The number of carbonyl (C=O) groups excluding carboxylic acids is 1. The van der Waals surface area contributed by atoms with Crippen LogP contribution in [0.25, 0.3) is 0 Å². The first-order chi connectivity index (χ1) is 14.2. The fraction of sp³-hybridized carbons (Fsp3) is 0.720. The first-order valence-electron chi connectivity index (χ1n) is 11.7. The number of amides is 1. The lowest BCUT2D eigenvalue weighted by Crippen LogP contribution is -2.63. The third-order valence-electron chi connectivity index (χ3n) is 8.14. The molecule has 3 fully saturated rings. The van der Waals surface area contributed by atoms with E-state index >= 15 is 0 Å². The Balaban J connectivity index is 1.30. The Labute approximate surface area is 185 Å². The standard InChI is InChI=1S/C25H38N2O2S/c1-6-23(28)26(5)24(4)14-22(15-24)30(29)27-16-25(17-27)11-10-21(13-25)20-9-7-8-19(12-20)18(2)3/h7-9,12,18,21-22H,6,10-11,13-17H2,1-5H3. The average Bonchev–Trinajstić information content (AvgIpc) is 3.14. The molecule has 1 heterocycles. The normalized spacial score (nSPS) is 31.4. The largest absolute Gasteiger partial charge is 0.340 e. The summed E-state index contributed by atoms with van der Waals surface area (Å²) in [5.41, 5.74) is 3.19. The molecular weight excluding hydrogens is 392 g/mol. The van der Waals surface area contributed by atoms with Crippen LogP contribution in [0.4, 0.5) is 0 Å². The molecule has 2 atom stereocenters. The van der Waals surface area contributed by atoms with E-state index in [-0.39, 0.29) is 16.7 Å². The van der Waals surface area contributed by atoms with Gasteiger partial charge in [0.1, 0.15) is 0 Å². The molecule has 1 aliphatic heterocycles. The van der Waals surface area contributed by atoms with Gasteiger partial charge in [0.25, 0.3) is 0 Å². The summed E-state index contributed by atoms with van der Waals surface area (Å²) in [5.74, 6) is 1.41. The second-order valence-corrected chi connectivity index (χ2v) is 12.4. The Hall–Kier alpha value is -1.20. The van der Waals surface area contributed by atoms with Crippen molar-refractivity contribution in [2.75, 3.05) is 20.1 Å². The van der Waals surface area contributed by atoms with Gasteiger partial charge in [-0.3, -0.25) is 4.79 Å². The molecule has 0 N–H and O–H groups in total. The van der Waals surface area contributed by atoms with E-state index < -0.39 is 11.0 Å². The molecule has 1 amide bonds. The van der Waals surface area contributed by atoms with E-state index in [0.717, 1.165) is 25.9 Å². The molecule has 1 saturated heterocycles. The zero-order chi connectivity index (χ0) is 21.7. The van der Waals surface area contributed by atoms with Gasteiger partial charge in [-0.15, -0.1) is 0 Å². The van der Waals surface area contributed by atoms with Crippen molar-refractivity contribution in [1.29, 1.82) is 0 Å². The van der Waals surface area contributed by atoms with Gasteiger partial charge in [0.2, 0.25) is 5.91 Å². The van der Waals surface area contributed by atoms with Crippen molar-refractivity contribution in [3.05, 3.63) is 35.4 Å². The molecule has 2 saturated carbocycles. The van der Waals surface area contributed by atoms with Gasteiger partial charge in [-0.25, -0.2) is 8.51 Å². The van der Waals surface area contributed by atoms with Crippen LogP contribution in [0.2, 0.25) is 0 Å². The predicted octanol–water partition coefficient (Wildman–Crippen LogP) is 4.83. The van der Waals surface area contributed by atoms with Gasteiger partial charge in [-0.05, 0) is 67.4 Å². The second-order valence-electron chi connectivity index (χ2n) is 10.7. The van der Waals surface area contributed by atoms with Crippen LogP contribution >= 0.6 is 0 Å². The molecule has 1 aromatic carbocycles. The molecule has 5 heteroatoms. The Morgan fingerprint density at radius 2 is 1.97 bits per heavy atom. The van der Waals surface area contributed by atoms with E-state index in [1.165, 1.54) is 30.4 Å². The minimum Gasteiger partial charge on any atom is -0.340 e. The van der Waals surface area contributed by atoms with Crippen LogP contribution in [0.15, 0.2) is 24.3 Å². The molecular formula is C25H38N2O2S. The Morgan fingerprint density at radius 1 is 1.27 bits per heavy atom. The van der Waals surface area contributed by atoms with Gasteiger partial charge in [-0.2, -0.15) is 0 Å². The second kappa shape index (κ2) is 8.05. The van der Waals surface area contributed by atoms with Crippen LogP contribution in [-0.4, -0.2) is 50.2 Å². The van der Waals surface area contributed by atoms with E-state index in [4.69, 9.17) is 0 Å². The molecule has 3 aliphatic rings. The summed E-state index contributed by atoms with van der Waals surface area (Å²) in [6.45, 7) is 10.5. The molecule has 1 spiro atoms. The first kappa shape index (κ1) is 22.0. The van der Waals surface area contributed by atoms with Gasteiger partial charge in [-0.1, -0.05) is 45.0 Å². The van der Waals surface area contributed by atoms with Crippen LogP contribution in [0, 0.1) is 5.41 Å². The van der Waals surface area contributed by atoms with Crippen molar-refractivity contribution in [3.8, 4) is 0 Å². The maximum atomic E-state index is 13.1. The number of nitrogens with zero attached hydrogens (tertiary/aromatic N) is 2. The highest BCUT2D eigenvalue weighted by Gasteiger charge is 2.54. The molecule has 0 aromatic heterocycles. The first-order valence-corrected chi connectivity index (χ1v) is 12.9. The SMILES string of the molecule is CCC(=O)N(C)C1(C)CC(S(=O)N2CC3(CCC(c4cccc(C(C)C)c4)C3)C2)C1. The van der Waals surface area contributed by atoms with E-state index in [0.29, 0.717) is 23.7 Å². The lowest BCUT2D eigenvalue weighted by atomic mass is 9.76. The number of hydrogen-bond donors (Lipinski definition) is 0. The van der Waals surface area contributed by atoms with Gasteiger partial charge < -0.3 is 4.90 Å². The Kier molecular flexibility index (Phi) is 5.91. The molecule has 2 aliphatic carbocycles. The molecule has 30 heavy (non-hydrogen) atoms. The van der Waals surface area contributed by atoms with Crippen LogP contribution in [-0.2, 0) is 15.8 Å². The highest BCUT2D eigenvalue weighted by molar-refractivity contribution is 7.83. The third kappa shape index (κ3) is 3.88. The Bertz CT molecular complexity index is 824. The van der Waals surface area contributed by atoms with Gasteiger partial charge in [0.15, 0.2) is 0 Å². The predicted molar refractivity (Wildman–Crippen MR) is 124 cm³/mol. The monoisotopic (exact) mass is 430 g/mol. The number of carbonyl (C=O) groups is 1. The minimum atomic E-state index is -0.907. The zero-order valence-electron chi connectivity index (χ0n) is 19.3. The van der Waals surface area contributed by atoms with E-state index in [2.05, 4.69) is 49.3 Å². The molecule has 0 radical (unpaired) electrons. The molecule has 166 valence electrons. The number of rotatable bonds is 6. The maximum Gasteiger partial charge on any atom is 0.222 e. The molecule has 1 aromatic rings. The van der Waals surface area contributed by atoms with Crippen LogP contribution in [0.3, 0.4) is 0 Å². The Morgan fingerprint density at radius 3 is 2.60 bits per heavy atom. The lowest BCUT2D eigenvalue weighted by molar-refractivity contribution is -0.137. The maximum absolute atomic E-state index is 13.1. The number of hydrogen-bond acceptors (Lipinski definition) is 2. The quantitative estimate of drug-likeness (QED) is 0.648. The van der Waals surface area contributed by atoms with E-state index in [1.807, 2.05) is 18.9 Å². The summed E-state index contributed by atoms with van der Waals surface area (Å²) in [7, 11) is 0.993. The minimum absolute atomic E-state index is 0.115. The fourth-order valence-electron chi connectivity index (χ4n) is 5.87. The number of benzene rings is 1. The summed E-state index contributed by atoms with van der Waals surface area (Å²) < 4.78 is 15.3. The van der Waals surface area contributed by atoms with Crippen molar-refractivity contribution in [1.82, 2.24) is 9.21 Å². The van der Waals surface area contributed by atoms with Crippen molar-refractivity contribution in [3.63, 3.8) is 0 Å². The summed E-state index contributed by atoms with van der Waals surface area (Å²) in [6.07, 6.45) is 6.00. The van der Waals surface area contributed by atoms with Crippen molar-refractivity contribution >= 4 is 16.9 Å². The summed E-state index contributed by atoms with van der Waals surface area (Å²) in [5, 5.41) is 0.208. The molecule has 4 rings (SSSR count).